The van der Waals surface area contributed by atoms with Gasteiger partial charge in [-0.3, -0.25) is 4.79 Å². The lowest BCUT2D eigenvalue weighted by atomic mass is 10.2. The zero-order valence-corrected chi connectivity index (χ0v) is 15.0. The van der Waals surface area contributed by atoms with E-state index >= 15 is 0 Å². The van der Waals surface area contributed by atoms with Crippen molar-refractivity contribution in [1.82, 2.24) is 9.97 Å². The van der Waals surface area contributed by atoms with Gasteiger partial charge in [-0.15, -0.1) is 0 Å². The Kier molecular flexibility index (Phi) is 5.44. The number of nitrogens with zero attached hydrogens (tertiary/aromatic N) is 1. The lowest BCUT2D eigenvalue weighted by molar-refractivity contribution is 0.477. The zero-order valence-electron chi connectivity index (χ0n) is 13.5. The number of benzene rings is 2. The van der Waals surface area contributed by atoms with Crippen molar-refractivity contribution in [2.45, 2.75) is 0 Å². The van der Waals surface area contributed by atoms with Crippen molar-refractivity contribution < 1.29 is 22.7 Å². The van der Waals surface area contributed by atoms with Crippen LogP contribution in [0.5, 0.6) is 5.75 Å². The molecule has 0 aliphatic carbocycles. The molecule has 0 unspecified atom stereocenters. The molecule has 0 aliphatic heterocycles. The van der Waals surface area contributed by atoms with Crippen LogP contribution in [0.3, 0.4) is 0 Å². The topological polar surface area (TPSA) is 66.0 Å². The van der Waals surface area contributed by atoms with Gasteiger partial charge in [0.05, 0.1) is 26.8 Å². The molecule has 4 rings (SSSR count). The van der Waals surface area contributed by atoms with E-state index in [2.05, 4.69) is 9.97 Å². The zero-order chi connectivity index (χ0) is 20.6. The molecular formula is C18H8Cl2F4N2O2. The smallest absolute Gasteiger partial charge is 0.252 e. The maximum atomic E-state index is 13.2. The highest BCUT2D eigenvalue weighted by Gasteiger charge is 2.10. The van der Waals surface area contributed by atoms with Gasteiger partial charge < -0.3 is 10.1 Å². The Balaban J connectivity index is 0.000000161. The molecule has 0 spiro atoms. The van der Waals surface area contributed by atoms with E-state index in [0.717, 1.165) is 24.3 Å². The molecule has 0 radical (unpaired) electrons. The molecule has 28 heavy (non-hydrogen) atoms. The minimum absolute atomic E-state index is 0.0625. The Morgan fingerprint density at radius 2 is 1.46 bits per heavy atom. The van der Waals surface area contributed by atoms with E-state index in [4.69, 9.17) is 23.2 Å². The summed E-state index contributed by atoms with van der Waals surface area (Å²) in [6.45, 7) is 0. The van der Waals surface area contributed by atoms with Crippen LogP contribution < -0.4 is 5.56 Å². The van der Waals surface area contributed by atoms with Gasteiger partial charge in [-0.05, 0) is 12.1 Å². The summed E-state index contributed by atoms with van der Waals surface area (Å²) in [5, 5.41) is 9.36. The van der Waals surface area contributed by atoms with Gasteiger partial charge in [-0.25, -0.2) is 22.5 Å². The summed E-state index contributed by atoms with van der Waals surface area (Å²) < 4.78 is 51.9. The fraction of sp³-hybridized carbons (Fsp3) is 0. The molecule has 2 N–H and O–H groups in total. The SMILES string of the molecule is Fc1cc(F)c2c(Cl)cc(Cl)nc2c1.O=c1cc(O)c2c(F)cc(F)cc2[nH]1. The molecule has 0 fully saturated rings. The lowest BCUT2D eigenvalue weighted by Crippen LogP contribution is -2.04. The largest absolute Gasteiger partial charge is 0.507 e. The van der Waals surface area contributed by atoms with Crippen LogP contribution in [-0.2, 0) is 0 Å². The van der Waals surface area contributed by atoms with E-state index in [9.17, 15) is 27.5 Å². The predicted octanol–water partition coefficient (Wildman–Crippen LogP) is 5.33. The van der Waals surface area contributed by atoms with Gasteiger partial charge in [-0.2, -0.15) is 0 Å². The molecule has 0 amide bonds. The predicted molar refractivity (Wildman–Crippen MR) is 97.8 cm³/mol. The van der Waals surface area contributed by atoms with E-state index < -0.39 is 34.6 Å². The summed E-state index contributed by atoms with van der Waals surface area (Å²) in [6, 6.07) is 5.57. The summed E-state index contributed by atoms with van der Waals surface area (Å²) in [6.07, 6.45) is 0. The number of hydrogen-bond donors (Lipinski definition) is 2. The maximum Gasteiger partial charge on any atom is 0.252 e. The van der Waals surface area contributed by atoms with Gasteiger partial charge in [0, 0.05) is 24.3 Å². The standard InChI is InChI=1S/C9H3Cl2F2N.C9H5F2NO2/c10-5-3-8(11)14-7-2-4(12)1-6(13)9(5)7;10-4-1-5(11)9-6(2-4)12-8(14)3-7(9)13/h1-3H;1-3H,(H2,12,13,14). The number of pyridine rings is 2. The van der Waals surface area contributed by atoms with Crippen LogP contribution in [0.4, 0.5) is 17.6 Å². The molecule has 0 atom stereocenters. The molecule has 2 heterocycles. The highest BCUT2D eigenvalue weighted by atomic mass is 35.5. The lowest BCUT2D eigenvalue weighted by Gasteiger charge is -2.02. The van der Waals surface area contributed by atoms with Gasteiger partial charge in [-0.1, -0.05) is 23.2 Å². The number of hydrogen-bond acceptors (Lipinski definition) is 3. The Bertz CT molecular complexity index is 1240. The third kappa shape index (κ3) is 4.02. The molecule has 2 aromatic carbocycles. The number of aromatic nitrogens is 2. The molecule has 4 nitrogen and oxygen atoms in total. The monoisotopic (exact) mass is 430 g/mol. The van der Waals surface area contributed by atoms with Crippen LogP contribution >= 0.6 is 23.2 Å². The molecule has 0 saturated heterocycles. The second kappa shape index (κ2) is 7.65. The van der Waals surface area contributed by atoms with Crippen molar-refractivity contribution >= 4 is 45.0 Å². The van der Waals surface area contributed by atoms with Crippen LogP contribution in [0.2, 0.25) is 10.2 Å². The molecule has 0 saturated carbocycles. The van der Waals surface area contributed by atoms with E-state index in [1.165, 1.54) is 6.07 Å². The number of aromatic amines is 1. The van der Waals surface area contributed by atoms with Gasteiger partial charge in [0.2, 0.25) is 0 Å². The van der Waals surface area contributed by atoms with Crippen LogP contribution in [0.1, 0.15) is 0 Å². The van der Waals surface area contributed by atoms with Crippen molar-refractivity contribution in [2.24, 2.45) is 0 Å². The molecular weight excluding hydrogens is 423 g/mol. The molecule has 144 valence electrons. The molecule has 10 heteroatoms. The fourth-order valence-electron chi connectivity index (χ4n) is 2.51. The van der Waals surface area contributed by atoms with Crippen molar-refractivity contribution in [3.05, 3.63) is 80.2 Å². The highest BCUT2D eigenvalue weighted by Crippen LogP contribution is 2.28. The number of H-pyrrole nitrogens is 1. The first kappa shape index (κ1) is 19.9. The molecule has 2 aromatic heterocycles. The molecule has 0 bridgehead atoms. The number of rotatable bonds is 0. The molecule has 4 aromatic rings. The Morgan fingerprint density at radius 3 is 2.14 bits per heavy atom. The first-order valence-electron chi connectivity index (χ1n) is 7.47. The first-order valence-corrected chi connectivity index (χ1v) is 8.23. The minimum Gasteiger partial charge on any atom is -0.507 e. The number of nitrogens with one attached hydrogen (secondary N) is 1. The summed E-state index contributed by atoms with van der Waals surface area (Å²) in [5.41, 5.74) is -0.562. The van der Waals surface area contributed by atoms with Crippen molar-refractivity contribution in [1.29, 1.82) is 0 Å². The quantitative estimate of drug-likeness (QED) is 0.292. The van der Waals surface area contributed by atoms with Crippen LogP contribution in [0.25, 0.3) is 21.8 Å². The van der Waals surface area contributed by atoms with Gasteiger partial charge in [0.1, 0.15) is 34.2 Å². The Hall–Kier alpha value is -2.84. The Morgan fingerprint density at radius 1 is 0.857 bits per heavy atom. The minimum atomic E-state index is -0.909. The van der Waals surface area contributed by atoms with Gasteiger partial charge >= 0.3 is 0 Å². The fourth-order valence-corrected chi connectivity index (χ4v) is 3.05. The summed E-state index contributed by atoms with van der Waals surface area (Å²) in [4.78, 5) is 16.8. The normalized spacial score (nSPS) is 10.8. The second-order valence-corrected chi connectivity index (χ2v) is 6.33. The van der Waals surface area contributed by atoms with Gasteiger partial charge in [0.15, 0.2) is 0 Å². The first-order chi connectivity index (χ1) is 13.2. The number of aromatic hydroxyl groups is 1. The average Bonchev–Trinajstić information content (AvgIpc) is 2.52. The van der Waals surface area contributed by atoms with Crippen molar-refractivity contribution in [2.75, 3.05) is 0 Å². The number of fused-ring (bicyclic) bond motifs is 2. The summed E-state index contributed by atoms with van der Waals surface area (Å²) >= 11 is 11.3. The van der Waals surface area contributed by atoms with Crippen molar-refractivity contribution in [3.63, 3.8) is 0 Å². The maximum absolute atomic E-state index is 13.2. The van der Waals surface area contributed by atoms with E-state index in [0.29, 0.717) is 6.07 Å². The van der Waals surface area contributed by atoms with Crippen LogP contribution in [0, 0.1) is 23.3 Å². The summed E-state index contributed by atoms with van der Waals surface area (Å²) in [7, 11) is 0. The third-order valence-corrected chi connectivity index (χ3v) is 4.07. The van der Waals surface area contributed by atoms with Gasteiger partial charge in [0.25, 0.3) is 5.56 Å². The molecule has 0 aliphatic rings. The highest BCUT2D eigenvalue weighted by molar-refractivity contribution is 6.37. The summed E-state index contributed by atoms with van der Waals surface area (Å²) in [5.74, 6) is -3.67. The average molecular weight is 431 g/mol. The van der Waals surface area contributed by atoms with Crippen molar-refractivity contribution in [3.8, 4) is 5.75 Å². The van der Waals surface area contributed by atoms with E-state index in [1.54, 1.807) is 0 Å². The third-order valence-electron chi connectivity index (χ3n) is 3.58. The number of halogens is 6. The van der Waals surface area contributed by atoms with E-state index in [-0.39, 0.29) is 32.0 Å². The van der Waals surface area contributed by atoms with Crippen LogP contribution in [0.15, 0.2) is 41.2 Å². The van der Waals surface area contributed by atoms with Crippen LogP contribution in [-0.4, -0.2) is 15.1 Å². The Labute approximate surface area is 164 Å². The second-order valence-electron chi connectivity index (χ2n) is 5.54. The van der Waals surface area contributed by atoms with E-state index in [1.807, 2.05) is 0 Å².